The van der Waals surface area contributed by atoms with Crippen LogP contribution >= 0.6 is 11.8 Å². The Bertz CT molecular complexity index is 636. The highest BCUT2D eigenvalue weighted by Gasteiger charge is 2.52. The minimum Gasteiger partial charge on any atom is -0.315 e. The van der Waals surface area contributed by atoms with Gasteiger partial charge >= 0.3 is 0 Å². The van der Waals surface area contributed by atoms with E-state index in [1.165, 1.54) is 0 Å². The topological polar surface area (TPSA) is 78.1 Å². The molecule has 2 aliphatic heterocycles. The van der Waals surface area contributed by atoms with Crippen molar-refractivity contribution in [2.75, 3.05) is 11.1 Å². The van der Waals surface area contributed by atoms with Crippen molar-refractivity contribution >= 4 is 29.4 Å². The van der Waals surface area contributed by atoms with Crippen LogP contribution in [0.15, 0.2) is 6.07 Å². The standard InChI is InChI=1S/C16H24N4O2S/c1-15(2,3)8-10-7-12(19-18-10)17-14(22)11-9-23-16(4)6-5-13(21)20(11)16/h7,11H,5-6,8-9H2,1-4H3,(H2,17,18,19,22)/t11-,16+/m1/s1. The van der Waals surface area contributed by atoms with Gasteiger partial charge in [-0.3, -0.25) is 14.7 Å². The van der Waals surface area contributed by atoms with Gasteiger partial charge in [0.05, 0.1) is 4.87 Å². The summed E-state index contributed by atoms with van der Waals surface area (Å²) in [5.74, 6) is 1.10. The number of nitrogens with one attached hydrogen (secondary N) is 2. The molecule has 0 aromatic carbocycles. The summed E-state index contributed by atoms with van der Waals surface area (Å²) < 4.78 is 0. The number of anilines is 1. The lowest BCUT2D eigenvalue weighted by molar-refractivity contribution is -0.135. The molecule has 2 aliphatic rings. The van der Waals surface area contributed by atoms with Gasteiger partial charge in [0.1, 0.15) is 6.04 Å². The highest BCUT2D eigenvalue weighted by Crippen LogP contribution is 2.47. The molecule has 126 valence electrons. The predicted octanol–water partition coefficient (Wildman–Crippen LogP) is 2.39. The van der Waals surface area contributed by atoms with E-state index in [9.17, 15) is 9.59 Å². The highest BCUT2D eigenvalue weighted by molar-refractivity contribution is 8.01. The lowest BCUT2D eigenvalue weighted by Gasteiger charge is -2.29. The van der Waals surface area contributed by atoms with Crippen molar-refractivity contribution in [3.05, 3.63) is 11.8 Å². The SMILES string of the molecule is CC(C)(C)Cc1cc(NC(=O)[C@H]2CS[C@@]3(C)CCC(=O)N23)n[nH]1. The molecule has 0 saturated carbocycles. The van der Waals surface area contributed by atoms with Gasteiger partial charge in [-0.25, -0.2) is 0 Å². The molecule has 6 nitrogen and oxygen atoms in total. The van der Waals surface area contributed by atoms with Gasteiger partial charge in [0.2, 0.25) is 11.8 Å². The van der Waals surface area contributed by atoms with E-state index in [0.717, 1.165) is 18.5 Å². The van der Waals surface area contributed by atoms with Crippen LogP contribution < -0.4 is 5.32 Å². The van der Waals surface area contributed by atoms with Crippen LogP contribution in [0.25, 0.3) is 0 Å². The fraction of sp³-hybridized carbons (Fsp3) is 0.688. The number of thioether (sulfide) groups is 1. The Morgan fingerprint density at radius 2 is 2.30 bits per heavy atom. The maximum absolute atomic E-state index is 12.6. The molecule has 3 rings (SSSR count). The fourth-order valence-electron chi connectivity index (χ4n) is 3.31. The molecule has 0 unspecified atom stereocenters. The number of amides is 2. The summed E-state index contributed by atoms with van der Waals surface area (Å²) in [7, 11) is 0. The smallest absolute Gasteiger partial charge is 0.249 e. The molecule has 1 aromatic rings. The van der Waals surface area contributed by atoms with Crippen LogP contribution in [0.2, 0.25) is 0 Å². The molecule has 1 aromatic heterocycles. The van der Waals surface area contributed by atoms with Crippen molar-refractivity contribution in [2.24, 2.45) is 5.41 Å². The number of aromatic amines is 1. The van der Waals surface area contributed by atoms with E-state index in [-0.39, 0.29) is 22.1 Å². The minimum atomic E-state index is -0.400. The molecule has 2 amide bonds. The van der Waals surface area contributed by atoms with Gasteiger partial charge in [-0.15, -0.1) is 11.8 Å². The average Bonchev–Trinajstić information content (AvgIpc) is 3.05. The molecule has 2 fully saturated rings. The third-order valence-electron chi connectivity index (χ3n) is 4.35. The number of carbonyl (C=O) groups excluding carboxylic acids is 2. The van der Waals surface area contributed by atoms with Crippen molar-refractivity contribution < 1.29 is 9.59 Å². The zero-order chi connectivity index (χ0) is 16.8. The number of rotatable bonds is 3. The largest absolute Gasteiger partial charge is 0.315 e. The number of carbonyl (C=O) groups is 2. The molecular formula is C16H24N4O2S. The first kappa shape index (κ1) is 16.4. The number of fused-ring (bicyclic) bond motifs is 1. The Hall–Kier alpha value is -1.50. The second kappa shape index (κ2) is 5.54. The molecule has 0 bridgehead atoms. The van der Waals surface area contributed by atoms with Gasteiger partial charge in [-0.05, 0) is 25.2 Å². The molecule has 0 radical (unpaired) electrons. The molecule has 23 heavy (non-hydrogen) atoms. The fourth-order valence-corrected chi connectivity index (χ4v) is 4.74. The Morgan fingerprint density at radius 1 is 1.57 bits per heavy atom. The van der Waals surface area contributed by atoms with Crippen LogP contribution in [0, 0.1) is 5.41 Å². The predicted molar refractivity (Wildman–Crippen MR) is 91.1 cm³/mol. The number of hydrogen-bond acceptors (Lipinski definition) is 4. The van der Waals surface area contributed by atoms with Crippen molar-refractivity contribution in [3.8, 4) is 0 Å². The Labute approximate surface area is 140 Å². The van der Waals surface area contributed by atoms with Crippen LogP contribution in [-0.2, 0) is 16.0 Å². The van der Waals surface area contributed by atoms with Gasteiger partial charge in [0.25, 0.3) is 0 Å². The van der Waals surface area contributed by atoms with Crippen LogP contribution in [-0.4, -0.2) is 43.6 Å². The maximum Gasteiger partial charge on any atom is 0.249 e. The first-order valence-electron chi connectivity index (χ1n) is 7.99. The minimum absolute atomic E-state index is 0.0769. The van der Waals surface area contributed by atoms with E-state index in [4.69, 9.17) is 0 Å². The number of H-pyrrole nitrogens is 1. The molecule has 2 atom stereocenters. The monoisotopic (exact) mass is 336 g/mol. The zero-order valence-corrected chi connectivity index (χ0v) is 14.9. The summed E-state index contributed by atoms with van der Waals surface area (Å²) in [4.78, 5) is 26.2. The summed E-state index contributed by atoms with van der Waals surface area (Å²) in [6.07, 6.45) is 2.21. The molecule has 0 aliphatic carbocycles. The summed E-state index contributed by atoms with van der Waals surface area (Å²) in [6, 6.07) is 1.47. The van der Waals surface area contributed by atoms with Gasteiger partial charge < -0.3 is 10.2 Å². The Balaban J connectivity index is 1.67. The van der Waals surface area contributed by atoms with Crippen molar-refractivity contribution in [1.29, 1.82) is 0 Å². The van der Waals surface area contributed by atoms with Gasteiger partial charge in [0.15, 0.2) is 5.82 Å². The van der Waals surface area contributed by atoms with Gasteiger partial charge in [-0.1, -0.05) is 20.8 Å². The third kappa shape index (κ3) is 3.24. The number of aromatic nitrogens is 2. The second-order valence-electron chi connectivity index (χ2n) is 7.77. The lowest BCUT2D eigenvalue weighted by Crippen LogP contribution is -2.48. The first-order chi connectivity index (χ1) is 10.7. The molecule has 2 N–H and O–H groups in total. The number of nitrogens with zero attached hydrogens (tertiary/aromatic N) is 2. The summed E-state index contributed by atoms with van der Waals surface area (Å²) in [5, 5.41) is 9.99. The van der Waals surface area contributed by atoms with E-state index < -0.39 is 6.04 Å². The van der Waals surface area contributed by atoms with Crippen LogP contribution in [0.1, 0.15) is 46.2 Å². The van der Waals surface area contributed by atoms with E-state index in [2.05, 4.69) is 36.3 Å². The van der Waals surface area contributed by atoms with E-state index >= 15 is 0 Å². The highest BCUT2D eigenvalue weighted by atomic mass is 32.2. The van der Waals surface area contributed by atoms with E-state index in [1.807, 2.05) is 13.0 Å². The summed E-state index contributed by atoms with van der Waals surface area (Å²) >= 11 is 1.70. The van der Waals surface area contributed by atoms with Crippen molar-refractivity contribution in [3.63, 3.8) is 0 Å². The van der Waals surface area contributed by atoms with Crippen molar-refractivity contribution in [1.82, 2.24) is 15.1 Å². The van der Waals surface area contributed by atoms with Crippen LogP contribution in [0.4, 0.5) is 5.82 Å². The third-order valence-corrected chi connectivity index (χ3v) is 5.86. The van der Waals surface area contributed by atoms with Crippen molar-refractivity contribution in [2.45, 2.75) is 57.9 Å². The molecule has 2 saturated heterocycles. The van der Waals surface area contributed by atoms with Crippen LogP contribution in [0.5, 0.6) is 0 Å². The Morgan fingerprint density at radius 3 is 3.00 bits per heavy atom. The average molecular weight is 336 g/mol. The summed E-state index contributed by atoms with van der Waals surface area (Å²) in [6.45, 7) is 8.51. The molecule has 0 spiro atoms. The maximum atomic E-state index is 12.6. The van der Waals surface area contributed by atoms with Gasteiger partial charge in [0, 0.05) is 23.9 Å². The van der Waals surface area contributed by atoms with Crippen LogP contribution in [0.3, 0.4) is 0 Å². The zero-order valence-electron chi connectivity index (χ0n) is 14.1. The lowest BCUT2D eigenvalue weighted by atomic mass is 9.91. The number of hydrogen-bond donors (Lipinski definition) is 2. The normalized spacial score (nSPS) is 27.4. The quantitative estimate of drug-likeness (QED) is 0.888. The second-order valence-corrected chi connectivity index (χ2v) is 9.27. The molecule has 7 heteroatoms. The summed E-state index contributed by atoms with van der Waals surface area (Å²) in [5.41, 5.74) is 1.15. The van der Waals surface area contributed by atoms with Gasteiger partial charge in [-0.2, -0.15) is 5.10 Å². The van der Waals surface area contributed by atoms with E-state index in [1.54, 1.807) is 16.7 Å². The van der Waals surface area contributed by atoms with E-state index in [0.29, 0.717) is 18.0 Å². The molecule has 3 heterocycles. The first-order valence-corrected chi connectivity index (χ1v) is 8.98. The molecular weight excluding hydrogens is 312 g/mol. The Kier molecular flexibility index (Phi) is 3.94.